The number of hydrazine groups is 1. The number of hydrogen-bond acceptors (Lipinski definition) is 4. The molecule has 0 radical (unpaired) electrons. The maximum atomic E-state index is 12.0. The van der Waals surface area contributed by atoms with Crippen molar-refractivity contribution in [3.63, 3.8) is 0 Å². The third kappa shape index (κ3) is 3.76. The van der Waals surface area contributed by atoms with Crippen molar-refractivity contribution < 1.29 is 8.61 Å². The number of aromatic nitrogens is 2. The van der Waals surface area contributed by atoms with Gasteiger partial charge in [-0.15, -0.1) is 0 Å². The van der Waals surface area contributed by atoms with Crippen LogP contribution in [0.25, 0.3) is 16.9 Å². The minimum absolute atomic E-state index is 0.618. The van der Waals surface area contributed by atoms with Crippen LogP contribution in [0.15, 0.2) is 58.8 Å². The molecule has 0 bridgehead atoms. The predicted octanol–water partition coefficient (Wildman–Crippen LogP) is 1.05. The Morgan fingerprint density at radius 2 is 2.00 bits per heavy atom. The van der Waals surface area contributed by atoms with Gasteiger partial charge >= 0.3 is 0 Å². The summed E-state index contributed by atoms with van der Waals surface area (Å²) >= 11 is 0. The average Bonchev–Trinajstić information content (AvgIpc) is 3.01. The smallest absolute Gasteiger partial charge is 0.286 e. The molecule has 1 atom stereocenters. The molecular formula is C18H23N6OS+. The maximum Gasteiger partial charge on any atom is 0.286 e. The Labute approximate surface area is 155 Å². The maximum absolute atomic E-state index is 12.0. The summed E-state index contributed by atoms with van der Waals surface area (Å²) in [5.74, 6) is 5.64. The SMILES string of the molecule is CCS(=O)c1ccc2n(C)c(-c3ccc(CNNC=NN)cc3)c[n+]2c1. The molecule has 1 aromatic carbocycles. The normalized spacial score (nSPS) is 12.7. The number of nitrogens with zero attached hydrogens (tertiary/aromatic N) is 3. The van der Waals surface area contributed by atoms with E-state index in [2.05, 4.69) is 51.0 Å². The van der Waals surface area contributed by atoms with Crippen LogP contribution in [0.2, 0.25) is 0 Å². The summed E-state index contributed by atoms with van der Waals surface area (Å²) in [5.41, 5.74) is 10.2. The molecule has 0 spiro atoms. The Kier molecular flexibility index (Phi) is 5.65. The highest BCUT2D eigenvalue weighted by Crippen LogP contribution is 2.20. The summed E-state index contributed by atoms with van der Waals surface area (Å²) in [6.07, 6.45) is 5.40. The van der Waals surface area contributed by atoms with E-state index in [-0.39, 0.29) is 0 Å². The van der Waals surface area contributed by atoms with Crippen LogP contribution in [0.5, 0.6) is 0 Å². The van der Waals surface area contributed by atoms with Crippen molar-refractivity contribution in [2.45, 2.75) is 18.4 Å². The van der Waals surface area contributed by atoms with E-state index in [9.17, 15) is 4.21 Å². The molecule has 7 nitrogen and oxygen atoms in total. The lowest BCUT2D eigenvalue weighted by atomic mass is 10.1. The monoisotopic (exact) mass is 371 g/mol. The van der Waals surface area contributed by atoms with Gasteiger partial charge in [0.25, 0.3) is 5.65 Å². The van der Waals surface area contributed by atoms with Crippen molar-refractivity contribution in [2.24, 2.45) is 18.0 Å². The van der Waals surface area contributed by atoms with Gasteiger partial charge in [0.2, 0.25) is 0 Å². The molecule has 136 valence electrons. The Morgan fingerprint density at radius 3 is 2.69 bits per heavy atom. The number of aryl methyl sites for hydroxylation is 1. The number of rotatable bonds is 7. The van der Waals surface area contributed by atoms with Gasteiger partial charge in [0.05, 0.1) is 22.7 Å². The van der Waals surface area contributed by atoms with Crippen LogP contribution in [-0.4, -0.2) is 20.9 Å². The van der Waals surface area contributed by atoms with Crippen molar-refractivity contribution in [1.82, 2.24) is 15.4 Å². The highest BCUT2D eigenvalue weighted by Gasteiger charge is 2.17. The summed E-state index contributed by atoms with van der Waals surface area (Å²) in [7, 11) is 1.08. The van der Waals surface area contributed by atoms with Gasteiger partial charge in [-0.25, -0.2) is 14.4 Å². The van der Waals surface area contributed by atoms with Crippen LogP contribution in [0.4, 0.5) is 0 Å². The first-order valence-electron chi connectivity index (χ1n) is 8.32. The first-order valence-corrected chi connectivity index (χ1v) is 9.64. The second-order valence-corrected chi connectivity index (χ2v) is 7.55. The van der Waals surface area contributed by atoms with Crippen LogP contribution in [-0.2, 0) is 24.4 Å². The molecule has 3 rings (SSSR count). The summed E-state index contributed by atoms with van der Waals surface area (Å²) in [5, 5.41) is 3.35. The van der Waals surface area contributed by atoms with Gasteiger partial charge in [-0.1, -0.05) is 31.2 Å². The first-order chi connectivity index (χ1) is 12.6. The molecular weight excluding hydrogens is 348 g/mol. The number of fused-ring (bicyclic) bond motifs is 1. The topological polar surface area (TPSA) is 88.5 Å². The van der Waals surface area contributed by atoms with E-state index in [4.69, 9.17) is 5.84 Å². The molecule has 0 saturated heterocycles. The molecule has 2 aromatic heterocycles. The van der Waals surface area contributed by atoms with Crippen molar-refractivity contribution in [2.75, 3.05) is 5.75 Å². The Morgan fingerprint density at radius 1 is 1.23 bits per heavy atom. The summed E-state index contributed by atoms with van der Waals surface area (Å²) in [6, 6.07) is 12.3. The summed E-state index contributed by atoms with van der Waals surface area (Å²) < 4.78 is 16.2. The van der Waals surface area contributed by atoms with E-state index in [1.807, 2.05) is 36.7 Å². The molecule has 2 heterocycles. The number of benzene rings is 1. The van der Waals surface area contributed by atoms with Crippen LogP contribution in [0.1, 0.15) is 12.5 Å². The molecule has 0 fully saturated rings. The largest absolute Gasteiger partial charge is 0.322 e. The molecule has 0 amide bonds. The average molecular weight is 371 g/mol. The molecule has 3 aromatic rings. The molecule has 0 aliphatic carbocycles. The Hall–Kier alpha value is -2.71. The quantitative estimate of drug-likeness (QED) is 0.145. The second kappa shape index (κ2) is 8.11. The lowest BCUT2D eigenvalue weighted by Crippen LogP contribution is -2.30. The van der Waals surface area contributed by atoms with E-state index < -0.39 is 10.8 Å². The lowest BCUT2D eigenvalue weighted by molar-refractivity contribution is -0.512. The lowest BCUT2D eigenvalue weighted by Gasteiger charge is -2.04. The first kappa shape index (κ1) is 18.1. The zero-order valence-corrected chi connectivity index (χ0v) is 15.7. The van der Waals surface area contributed by atoms with Gasteiger partial charge in [-0.05, 0) is 11.6 Å². The summed E-state index contributed by atoms with van der Waals surface area (Å²) in [4.78, 5) is 0.845. The molecule has 0 aliphatic heterocycles. The number of pyridine rings is 1. The molecule has 0 aliphatic rings. The standard InChI is InChI=1S/C18H23N6OS/c1-3-26(25)16-8-9-18-23(2)17(12-24(18)11-16)15-6-4-14(5-7-15)10-21-22-13-20-19/h4-9,11-13,21H,3,10,19H2,1-2H3,(H,20,22)/q+1. The fourth-order valence-electron chi connectivity index (χ4n) is 2.82. The van der Waals surface area contributed by atoms with Crippen LogP contribution in [0, 0.1) is 0 Å². The summed E-state index contributed by atoms with van der Waals surface area (Å²) in [6.45, 7) is 2.58. The Balaban J connectivity index is 1.85. The minimum Gasteiger partial charge on any atom is -0.322 e. The fraction of sp³-hybridized carbons (Fsp3) is 0.222. The Bertz CT molecular complexity index is 948. The zero-order valence-electron chi connectivity index (χ0n) is 14.8. The van der Waals surface area contributed by atoms with Crippen molar-refractivity contribution in [3.05, 3.63) is 54.4 Å². The van der Waals surface area contributed by atoms with E-state index in [1.54, 1.807) is 0 Å². The third-order valence-corrected chi connectivity index (χ3v) is 5.49. The van der Waals surface area contributed by atoms with Crippen molar-refractivity contribution in [1.29, 1.82) is 0 Å². The van der Waals surface area contributed by atoms with Gasteiger partial charge in [0, 0.05) is 23.9 Å². The van der Waals surface area contributed by atoms with E-state index in [0.29, 0.717) is 12.3 Å². The minimum atomic E-state index is -0.956. The van der Waals surface area contributed by atoms with Gasteiger partial charge in [-0.2, -0.15) is 5.10 Å². The van der Waals surface area contributed by atoms with Gasteiger partial charge < -0.3 is 11.3 Å². The number of hydrogen-bond donors (Lipinski definition) is 3. The molecule has 0 saturated carbocycles. The third-order valence-electron chi connectivity index (χ3n) is 4.20. The molecule has 26 heavy (non-hydrogen) atoms. The van der Waals surface area contributed by atoms with Gasteiger partial charge in [0.15, 0.2) is 5.69 Å². The zero-order chi connectivity index (χ0) is 18.5. The predicted molar refractivity (Wildman–Crippen MR) is 104 cm³/mol. The van der Waals surface area contributed by atoms with E-state index in [1.165, 1.54) is 6.34 Å². The number of nitrogens with two attached hydrogens (primary N) is 1. The highest BCUT2D eigenvalue weighted by molar-refractivity contribution is 7.85. The van der Waals surface area contributed by atoms with Gasteiger partial charge in [-0.3, -0.25) is 4.21 Å². The van der Waals surface area contributed by atoms with E-state index >= 15 is 0 Å². The molecule has 8 heteroatoms. The molecule has 4 N–H and O–H groups in total. The second-order valence-electron chi connectivity index (χ2n) is 5.81. The highest BCUT2D eigenvalue weighted by atomic mass is 32.2. The number of nitrogens with one attached hydrogen (secondary N) is 2. The van der Waals surface area contributed by atoms with Crippen molar-refractivity contribution in [3.8, 4) is 11.3 Å². The van der Waals surface area contributed by atoms with Crippen LogP contribution in [0.3, 0.4) is 0 Å². The van der Waals surface area contributed by atoms with Crippen molar-refractivity contribution >= 4 is 22.8 Å². The van der Waals surface area contributed by atoms with Gasteiger partial charge in [0.1, 0.15) is 18.7 Å². The van der Waals surface area contributed by atoms with E-state index in [0.717, 1.165) is 27.4 Å². The van der Waals surface area contributed by atoms with Crippen LogP contribution >= 0.6 is 0 Å². The fourth-order valence-corrected chi connectivity index (χ4v) is 3.60. The number of imidazole rings is 1. The van der Waals surface area contributed by atoms with Crippen LogP contribution < -0.4 is 21.1 Å². The number of hydrazone groups is 1. The molecule has 1 unspecified atom stereocenters.